The van der Waals surface area contributed by atoms with Crippen molar-refractivity contribution < 1.29 is 14.2 Å². The van der Waals surface area contributed by atoms with Crippen LogP contribution in [0.2, 0.25) is 0 Å². The smallest absolute Gasteiger partial charge is 0.200 e. The molecule has 0 N–H and O–H groups in total. The molecule has 118 valence electrons. The molecular formula is C16H26N2O3. The van der Waals surface area contributed by atoms with E-state index in [1.807, 2.05) is 13.0 Å². The predicted molar refractivity (Wildman–Crippen MR) is 79.8 cm³/mol. The maximum absolute atomic E-state index is 6.13. The molecule has 0 aliphatic heterocycles. The van der Waals surface area contributed by atoms with Crippen molar-refractivity contribution in [1.82, 2.24) is 9.97 Å². The highest BCUT2D eigenvalue weighted by Crippen LogP contribution is 2.38. The number of aromatic nitrogens is 2. The first-order valence-electron chi connectivity index (χ1n) is 7.78. The van der Waals surface area contributed by atoms with E-state index in [1.165, 1.54) is 12.8 Å². The molecule has 21 heavy (non-hydrogen) atoms. The van der Waals surface area contributed by atoms with E-state index in [-0.39, 0.29) is 5.60 Å². The van der Waals surface area contributed by atoms with Crippen LogP contribution in [0.5, 0.6) is 0 Å². The van der Waals surface area contributed by atoms with Gasteiger partial charge in [-0.1, -0.05) is 25.7 Å². The van der Waals surface area contributed by atoms with Gasteiger partial charge in [-0.25, -0.2) is 9.97 Å². The molecule has 0 saturated heterocycles. The maximum atomic E-state index is 6.13. The van der Waals surface area contributed by atoms with Gasteiger partial charge in [-0.2, -0.15) is 0 Å². The van der Waals surface area contributed by atoms with Gasteiger partial charge in [-0.05, 0) is 25.8 Å². The molecule has 1 aromatic heterocycles. The van der Waals surface area contributed by atoms with Crippen LogP contribution in [-0.2, 0) is 19.8 Å². The van der Waals surface area contributed by atoms with Gasteiger partial charge in [0.2, 0.25) is 6.29 Å². The van der Waals surface area contributed by atoms with Gasteiger partial charge in [-0.3, -0.25) is 0 Å². The molecular weight excluding hydrogens is 268 g/mol. The molecule has 1 aliphatic rings. The lowest BCUT2D eigenvalue weighted by Crippen LogP contribution is -2.32. The zero-order chi connectivity index (χ0) is 15.1. The SMILES string of the molecule is CCOC1(c2nccc(C(OC)OC)n2)CCCCCC1. The number of ether oxygens (including phenoxy) is 3. The Hall–Kier alpha value is -1.04. The first kappa shape index (κ1) is 16.3. The fourth-order valence-corrected chi connectivity index (χ4v) is 3.07. The molecule has 0 unspecified atom stereocenters. The monoisotopic (exact) mass is 294 g/mol. The van der Waals surface area contributed by atoms with Gasteiger partial charge in [0.05, 0.1) is 0 Å². The Kier molecular flexibility index (Phi) is 6.08. The van der Waals surface area contributed by atoms with Crippen LogP contribution in [0, 0.1) is 0 Å². The van der Waals surface area contributed by atoms with Crippen LogP contribution < -0.4 is 0 Å². The second kappa shape index (κ2) is 7.82. The molecule has 1 aromatic rings. The summed E-state index contributed by atoms with van der Waals surface area (Å²) in [6, 6.07) is 1.83. The predicted octanol–water partition coefficient (Wildman–Crippen LogP) is 3.35. The summed E-state index contributed by atoms with van der Waals surface area (Å²) in [6.07, 6.45) is 8.10. The average molecular weight is 294 g/mol. The Labute approximate surface area is 127 Å². The van der Waals surface area contributed by atoms with Gasteiger partial charge in [0.25, 0.3) is 0 Å². The third kappa shape index (κ3) is 3.78. The van der Waals surface area contributed by atoms with E-state index in [9.17, 15) is 0 Å². The van der Waals surface area contributed by atoms with E-state index in [4.69, 9.17) is 14.2 Å². The van der Waals surface area contributed by atoms with E-state index >= 15 is 0 Å². The summed E-state index contributed by atoms with van der Waals surface area (Å²) in [4.78, 5) is 9.18. The molecule has 2 rings (SSSR count). The summed E-state index contributed by atoms with van der Waals surface area (Å²) in [6.45, 7) is 2.70. The lowest BCUT2D eigenvalue weighted by atomic mass is 9.93. The topological polar surface area (TPSA) is 53.5 Å². The van der Waals surface area contributed by atoms with Crippen LogP contribution >= 0.6 is 0 Å². The van der Waals surface area contributed by atoms with Crippen molar-refractivity contribution in [3.8, 4) is 0 Å². The van der Waals surface area contributed by atoms with E-state index < -0.39 is 6.29 Å². The molecule has 0 radical (unpaired) electrons. The minimum absolute atomic E-state index is 0.354. The average Bonchev–Trinajstić information content (AvgIpc) is 2.76. The van der Waals surface area contributed by atoms with Gasteiger partial charge >= 0.3 is 0 Å². The van der Waals surface area contributed by atoms with Crippen molar-refractivity contribution >= 4 is 0 Å². The molecule has 5 nitrogen and oxygen atoms in total. The fourth-order valence-electron chi connectivity index (χ4n) is 3.07. The Balaban J connectivity index is 2.33. The lowest BCUT2D eigenvalue weighted by Gasteiger charge is -2.31. The molecule has 1 fully saturated rings. The zero-order valence-corrected chi connectivity index (χ0v) is 13.3. The number of nitrogens with zero attached hydrogens (tertiary/aromatic N) is 2. The Morgan fingerprint density at radius 3 is 2.38 bits per heavy atom. The standard InChI is InChI=1S/C16H26N2O3/c1-4-21-16(10-7-5-6-8-11-16)15-17-12-9-13(18-15)14(19-2)20-3/h9,12,14H,4-8,10-11H2,1-3H3. The summed E-state index contributed by atoms with van der Waals surface area (Å²) < 4.78 is 16.7. The number of hydrogen-bond acceptors (Lipinski definition) is 5. The molecule has 0 aromatic carbocycles. The van der Waals surface area contributed by atoms with Crippen molar-refractivity contribution in [2.24, 2.45) is 0 Å². The van der Waals surface area contributed by atoms with Crippen LogP contribution in [0.1, 0.15) is 63.3 Å². The van der Waals surface area contributed by atoms with Gasteiger partial charge in [0.1, 0.15) is 11.3 Å². The molecule has 1 saturated carbocycles. The van der Waals surface area contributed by atoms with Gasteiger partial charge in [-0.15, -0.1) is 0 Å². The second-order valence-corrected chi connectivity index (χ2v) is 5.45. The van der Waals surface area contributed by atoms with Crippen LogP contribution in [-0.4, -0.2) is 30.8 Å². The van der Waals surface area contributed by atoms with Crippen molar-refractivity contribution in [2.45, 2.75) is 57.3 Å². The highest BCUT2D eigenvalue weighted by Gasteiger charge is 2.36. The van der Waals surface area contributed by atoms with E-state index in [1.54, 1.807) is 20.4 Å². The maximum Gasteiger partial charge on any atom is 0.200 e. The second-order valence-electron chi connectivity index (χ2n) is 5.45. The molecule has 0 spiro atoms. The Morgan fingerprint density at radius 2 is 1.81 bits per heavy atom. The molecule has 0 atom stereocenters. The zero-order valence-electron chi connectivity index (χ0n) is 13.3. The van der Waals surface area contributed by atoms with E-state index in [2.05, 4.69) is 9.97 Å². The minimum Gasteiger partial charge on any atom is -0.367 e. The van der Waals surface area contributed by atoms with Gasteiger partial charge in [0.15, 0.2) is 5.82 Å². The largest absolute Gasteiger partial charge is 0.367 e. The molecule has 5 heteroatoms. The lowest BCUT2D eigenvalue weighted by molar-refractivity contribution is -0.110. The summed E-state index contributed by atoms with van der Waals surface area (Å²) in [7, 11) is 3.22. The molecule has 1 heterocycles. The van der Waals surface area contributed by atoms with Gasteiger partial charge in [0, 0.05) is 27.0 Å². The van der Waals surface area contributed by atoms with Crippen LogP contribution in [0.3, 0.4) is 0 Å². The summed E-state index contributed by atoms with van der Waals surface area (Å²) in [5.74, 6) is 0.767. The van der Waals surface area contributed by atoms with Gasteiger partial charge < -0.3 is 14.2 Å². The summed E-state index contributed by atoms with van der Waals surface area (Å²) in [5, 5.41) is 0. The van der Waals surface area contributed by atoms with Crippen molar-refractivity contribution in [2.75, 3.05) is 20.8 Å². The number of methoxy groups -OCH3 is 2. The molecule has 0 amide bonds. The minimum atomic E-state index is -0.462. The highest BCUT2D eigenvalue weighted by molar-refractivity contribution is 5.10. The fraction of sp³-hybridized carbons (Fsp3) is 0.750. The van der Waals surface area contributed by atoms with E-state index in [0.29, 0.717) is 6.61 Å². The van der Waals surface area contributed by atoms with Crippen molar-refractivity contribution in [3.63, 3.8) is 0 Å². The number of rotatable bonds is 6. The van der Waals surface area contributed by atoms with Crippen LogP contribution in [0.4, 0.5) is 0 Å². The van der Waals surface area contributed by atoms with E-state index in [0.717, 1.165) is 37.2 Å². The Bertz CT molecular complexity index is 427. The summed E-state index contributed by atoms with van der Waals surface area (Å²) in [5.41, 5.74) is 0.390. The third-order valence-corrected chi connectivity index (χ3v) is 4.09. The number of hydrogen-bond donors (Lipinski definition) is 0. The quantitative estimate of drug-likeness (QED) is 0.595. The molecule has 1 aliphatic carbocycles. The van der Waals surface area contributed by atoms with Crippen molar-refractivity contribution in [1.29, 1.82) is 0 Å². The third-order valence-electron chi connectivity index (χ3n) is 4.09. The normalized spacial score (nSPS) is 18.7. The highest BCUT2D eigenvalue weighted by atomic mass is 16.7. The van der Waals surface area contributed by atoms with Crippen LogP contribution in [0.25, 0.3) is 0 Å². The van der Waals surface area contributed by atoms with Crippen LogP contribution in [0.15, 0.2) is 12.3 Å². The first-order chi connectivity index (χ1) is 10.3. The first-order valence-corrected chi connectivity index (χ1v) is 7.78. The Morgan fingerprint density at radius 1 is 1.14 bits per heavy atom. The van der Waals surface area contributed by atoms with Crippen molar-refractivity contribution in [3.05, 3.63) is 23.8 Å². The summed E-state index contributed by atoms with van der Waals surface area (Å²) >= 11 is 0. The molecule has 0 bridgehead atoms.